The molecule has 4 N–H and O–H groups in total. The van der Waals surface area contributed by atoms with E-state index in [9.17, 15) is 0 Å². The van der Waals surface area contributed by atoms with Crippen molar-refractivity contribution in [2.45, 2.75) is 25.7 Å². The molecular weight excluding hydrogens is 150 g/mol. The summed E-state index contributed by atoms with van der Waals surface area (Å²) >= 11 is 0. The lowest BCUT2D eigenvalue weighted by molar-refractivity contribution is -0.134. The Morgan fingerprint density at radius 3 is 2.09 bits per heavy atom. The smallest absolute Gasteiger partial charge is 0.300 e. The Hall–Kier alpha value is -0.650. The van der Waals surface area contributed by atoms with Crippen molar-refractivity contribution in [3.63, 3.8) is 0 Å². The maximum Gasteiger partial charge on any atom is 0.300 e. The van der Waals surface area contributed by atoms with Gasteiger partial charge in [0.15, 0.2) is 0 Å². The molecule has 2 unspecified atom stereocenters. The largest absolute Gasteiger partial charge is 0.481 e. The Kier molecular flexibility index (Phi) is 4.76. The summed E-state index contributed by atoms with van der Waals surface area (Å²) in [4.78, 5) is 9.00. The summed E-state index contributed by atoms with van der Waals surface area (Å²) in [6, 6.07) is 0. The molecule has 1 heterocycles. The Morgan fingerprint density at radius 1 is 1.55 bits per heavy atom. The first-order chi connectivity index (χ1) is 5.04. The molecule has 1 aliphatic rings. The van der Waals surface area contributed by atoms with E-state index in [-0.39, 0.29) is 0 Å². The van der Waals surface area contributed by atoms with Gasteiger partial charge in [-0.25, -0.2) is 0 Å². The fourth-order valence-electron chi connectivity index (χ4n) is 0.673. The molecule has 0 amide bonds. The number of hydrogen-bond donors (Lipinski definition) is 4. The normalized spacial score (nSPS) is 29.0. The molecule has 0 radical (unpaired) electrons. The highest BCUT2D eigenvalue weighted by molar-refractivity contribution is 5.62. The van der Waals surface area contributed by atoms with Crippen LogP contribution in [0.15, 0.2) is 0 Å². The van der Waals surface area contributed by atoms with Gasteiger partial charge in [-0.15, -0.1) is 0 Å². The number of rotatable bonds is 0. The minimum absolute atomic E-state index is 0.542. The van der Waals surface area contributed by atoms with Crippen LogP contribution in [-0.2, 0) is 4.79 Å². The summed E-state index contributed by atoms with van der Waals surface area (Å²) in [5.74, 6) is -0.833. The molecule has 11 heavy (non-hydrogen) atoms. The summed E-state index contributed by atoms with van der Waals surface area (Å²) < 4.78 is 0. The van der Waals surface area contributed by atoms with Crippen LogP contribution in [0, 0.1) is 0 Å². The molecule has 0 bridgehead atoms. The number of aliphatic carboxylic acids is 1. The number of aliphatic hydroxyl groups excluding tert-OH is 2. The molecule has 0 aromatic rings. The third-order valence-electron chi connectivity index (χ3n) is 1.16. The molecule has 2 atom stereocenters. The lowest BCUT2D eigenvalue weighted by Crippen LogP contribution is -2.28. The number of carboxylic acids is 1. The first kappa shape index (κ1) is 10.3. The molecule has 5 heteroatoms. The summed E-state index contributed by atoms with van der Waals surface area (Å²) in [5.41, 5.74) is 0. The van der Waals surface area contributed by atoms with Crippen LogP contribution in [0.1, 0.15) is 13.3 Å². The van der Waals surface area contributed by atoms with Crippen LogP contribution >= 0.6 is 0 Å². The number of carboxylic acid groups (broad SMARTS) is 1. The van der Waals surface area contributed by atoms with Crippen LogP contribution in [0.2, 0.25) is 0 Å². The molecule has 66 valence electrons. The SMILES string of the molecule is CC(=O)O.OC1CCNC1O. The van der Waals surface area contributed by atoms with Crippen molar-refractivity contribution in [2.75, 3.05) is 6.54 Å². The predicted octanol–water partition coefficient (Wildman–Crippen LogP) is -1.25. The standard InChI is InChI=1S/C4H9NO2.C2H4O2/c6-3-1-2-5-4(3)7;1-2(3)4/h3-7H,1-2H2;1H3,(H,3,4). The Labute approximate surface area is 64.7 Å². The van der Waals surface area contributed by atoms with Gasteiger partial charge in [0.05, 0.1) is 6.10 Å². The van der Waals surface area contributed by atoms with Crippen LogP contribution in [-0.4, -0.2) is 40.2 Å². The summed E-state index contributed by atoms with van der Waals surface area (Å²) in [6.07, 6.45) is -0.554. The van der Waals surface area contributed by atoms with Crippen LogP contribution in [0.25, 0.3) is 0 Å². The van der Waals surface area contributed by atoms with E-state index in [1.807, 2.05) is 0 Å². The van der Waals surface area contributed by atoms with Gasteiger partial charge in [0.25, 0.3) is 5.97 Å². The fourth-order valence-corrected chi connectivity index (χ4v) is 0.673. The van der Waals surface area contributed by atoms with Gasteiger partial charge < -0.3 is 15.3 Å². The molecule has 1 fully saturated rings. The van der Waals surface area contributed by atoms with Gasteiger partial charge in [0, 0.05) is 13.5 Å². The average Bonchev–Trinajstić information content (AvgIpc) is 2.15. The van der Waals surface area contributed by atoms with Gasteiger partial charge in [-0.2, -0.15) is 0 Å². The zero-order valence-corrected chi connectivity index (χ0v) is 6.32. The lowest BCUT2D eigenvalue weighted by Gasteiger charge is -2.03. The van der Waals surface area contributed by atoms with Gasteiger partial charge in [0.1, 0.15) is 6.23 Å². The number of aliphatic hydroxyl groups is 2. The minimum atomic E-state index is -0.833. The maximum absolute atomic E-state index is 9.00. The molecule has 0 aliphatic carbocycles. The van der Waals surface area contributed by atoms with E-state index in [1.165, 1.54) is 0 Å². The van der Waals surface area contributed by atoms with E-state index in [0.29, 0.717) is 6.42 Å². The molecule has 5 nitrogen and oxygen atoms in total. The van der Waals surface area contributed by atoms with E-state index in [0.717, 1.165) is 13.5 Å². The molecule has 0 aromatic carbocycles. The van der Waals surface area contributed by atoms with E-state index < -0.39 is 18.3 Å². The van der Waals surface area contributed by atoms with Crippen molar-refractivity contribution < 1.29 is 20.1 Å². The van der Waals surface area contributed by atoms with Gasteiger partial charge in [-0.05, 0) is 6.42 Å². The van der Waals surface area contributed by atoms with Gasteiger partial charge >= 0.3 is 0 Å². The second-order valence-corrected chi connectivity index (χ2v) is 2.27. The molecular formula is C6H13NO4. The second-order valence-electron chi connectivity index (χ2n) is 2.27. The highest BCUT2D eigenvalue weighted by atomic mass is 16.4. The van der Waals surface area contributed by atoms with Crippen molar-refractivity contribution in [1.82, 2.24) is 5.32 Å². The molecule has 0 aromatic heterocycles. The van der Waals surface area contributed by atoms with E-state index in [4.69, 9.17) is 20.1 Å². The fraction of sp³-hybridized carbons (Fsp3) is 0.833. The quantitative estimate of drug-likeness (QED) is 0.358. The van der Waals surface area contributed by atoms with Crippen molar-refractivity contribution >= 4 is 5.97 Å². The van der Waals surface area contributed by atoms with Crippen molar-refractivity contribution in [3.05, 3.63) is 0 Å². The Morgan fingerprint density at radius 2 is 2.00 bits per heavy atom. The number of hydrogen-bond acceptors (Lipinski definition) is 4. The topological polar surface area (TPSA) is 89.8 Å². The lowest BCUT2D eigenvalue weighted by atomic mass is 10.3. The third kappa shape index (κ3) is 5.78. The zero-order valence-electron chi connectivity index (χ0n) is 6.32. The molecule has 1 aliphatic heterocycles. The summed E-state index contributed by atoms with van der Waals surface area (Å²) in [5, 5.41) is 27.4. The minimum Gasteiger partial charge on any atom is -0.481 e. The maximum atomic E-state index is 9.00. The molecule has 0 saturated carbocycles. The third-order valence-corrected chi connectivity index (χ3v) is 1.16. The highest BCUT2D eigenvalue weighted by Crippen LogP contribution is 2.01. The number of nitrogens with one attached hydrogen (secondary N) is 1. The molecule has 0 spiro atoms. The van der Waals surface area contributed by atoms with Crippen molar-refractivity contribution in [1.29, 1.82) is 0 Å². The van der Waals surface area contributed by atoms with Gasteiger partial charge in [-0.3, -0.25) is 10.1 Å². The summed E-state index contributed by atoms with van der Waals surface area (Å²) in [7, 11) is 0. The molecule has 1 saturated heterocycles. The monoisotopic (exact) mass is 163 g/mol. The van der Waals surface area contributed by atoms with Gasteiger partial charge in [0.2, 0.25) is 0 Å². The Balaban J connectivity index is 0.000000218. The first-order valence-corrected chi connectivity index (χ1v) is 3.33. The van der Waals surface area contributed by atoms with E-state index in [2.05, 4.69) is 5.32 Å². The van der Waals surface area contributed by atoms with Gasteiger partial charge in [-0.1, -0.05) is 0 Å². The van der Waals surface area contributed by atoms with E-state index >= 15 is 0 Å². The summed E-state index contributed by atoms with van der Waals surface area (Å²) in [6.45, 7) is 1.81. The van der Waals surface area contributed by atoms with Crippen molar-refractivity contribution in [3.8, 4) is 0 Å². The Bertz CT molecular complexity index is 116. The average molecular weight is 163 g/mol. The number of carbonyl (C=O) groups is 1. The van der Waals surface area contributed by atoms with Crippen LogP contribution in [0.5, 0.6) is 0 Å². The van der Waals surface area contributed by atoms with E-state index in [1.54, 1.807) is 0 Å². The predicted molar refractivity (Wildman–Crippen MR) is 37.9 cm³/mol. The molecule has 1 rings (SSSR count). The van der Waals surface area contributed by atoms with Crippen molar-refractivity contribution in [2.24, 2.45) is 0 Å². The van der Waals surface area contributed by atoms with Crippen LogP contribution in [0.4, 0.5) is 0 Å². The first-order valence-electron chi connectivity index (χ1n) is 3.33. The van der Waals surface area contributed by atoms with Crippen LogP contribution < -0.4 is 5.32 Å². The highest BCUT2D eigenvalue weighted by Gasteiger charge is 2.20. The second kappa shape index (κ2) is 5.06. The van der Waals surface area contributed by atoms with Crippen LogP contribution in [0.3, 0.4) is 0 Å². The zero-order chi connectivity index (χ0) is 8.85.